The maximum atomic E-state index is 13.2. The van der Waals surface area contributed by atoms with Crippen LogP contribution in [0.25, 0.3) is 21.8 Å². The van der Waals surface area contributed by atoms with Crippen molar-refractivity contribution in [1.82, 2.24) is 29.6 Å². The second kappa shape index (κ2) is 31.1. The molecule has 1 amide bonds. The van der Waals surface area contributed by atoms with Crippen LogP contribution in [0.2, 0.25) is 10.0 Å². The average molecular weight is 1370 g/mol. The van der Waals surface area contributed by atoms with E-state index in [1.54, 1.807) is 80.0 Å². The Balaban J connectivity index is 0.000000195. The molecule has 0 aliphatic carbocycles. The van der Waals surface area contributed by atoms with Gasteiger partial charge in [0.1, 0.15) is 61.0 Å². The van der Waals surface area contributed by atoms with Crippen LogP contribution in [0.4, 0.5) is 26.3 Å². The number of ether oxygens (including phenoxy) is 8. The fourth-order valence-corrected chi connectivity index (χ4v) is 12.1. The zero-order valence-corrected chi connectivity index (χ0v) is 54.3. The molecule has 4 aliphatic heterocycles. The Morgan fingerprint density at radius 2 is 0.854 bits per heavy atom. The minimum atomic E-state index is -4.60. The standard InChI is InChI=1S/C36H35ClF3N3O6.C35H35ClF3N3O5/c1-23(44)43-14-12-42(13-15-43)11-2-16-46-32-22-30-33(35-34(32)47-17-18-48-35)31(9-10-41-30)49-27-6-3-24(4-7-27)19-26(45)20-25-5-8-29(37)28(21-25)36(38,39)40;1-41-12-14-42(15-13-41)11-2-16-44-31-22-29-32(34-33(31)45-17-18-46-34)30(9-10-40-29)47-26-6-3-23(4-7-26)19-25(43)20-24-5-8-28(36)27(21-24)35(37,38)39/h3-10,21-22H,2,11-20H2,1H3;3-10,21-22H,2,11-20H2,1H3. The molecule has 4 aliphatic rings. The van der Waals surface area contributed by atoms with E-state index in [-0.39, 0.29) is 54.3 Å². The Labute approximate surface area is 560 Å². The summed E-state index contributed by atoms with van der Waals surface area (Å²) in [6.07, 6.45) is -4.43. The molecule has 6 heterocycles. The number of piperazine rings is 2. The van der Waals surface area contributed by atoms with Crippen LogP contribution >= 0.6 is 23.2 Å². The predicted molar refractivity (Wildman–Crippen MR) is 349 cm³/mol. The molecule has 0 radical (unpaired) electrons. The van der Waals surface area contributed by atoms with Gasteiger partial charge in [-0.2, -0.15) is 26.3 Å². The second-order valence-corrected chi connectivity index (χ2v) is 24.5. The van der Waals surface area contributed by atoms with Gasteiger partial charge in [0.25, 0.3) is 0 Å². The highest BCUT2D eigenvalue weighted by atomic mass is 35.5. The highest BCUT2D eigenvalue weighted by Crippen LogP contribution is 2.50. The van der Waals surface area contributed by atoms with Crippen molar-refractivity contribution in [3.63, 3.8) is 0 Å². The third-order valence-corrected chi connectivity index (χ3v) is 17.3. The summed E-state index contributed by atoms with van der Waals surface area (Å²) in [5.74, 6) is 4.83. The maximum Gasteiger partial charge on any atom is 0.417 e. The van der Waals surface area contributed by atoms with Crippen molar-refractivity contribution in [1.29, 1.82) is 0 Å². The van der Waals surface area contributed by atoms with Gasteiger partial charge >= 0.3 is 12.4 Å². The number of ketones is 2. The van der Waals surface area contributed by atoms with Gasteiger partial charge < -0.3 is 52.6 Å². The van der Waals surface area contributed by atoms with Crippen molar-refractivity contribution >= 4 is 62.5 Å². The number of hydrogen-bond donors (Lipinski definition) is 0. The van der Waals surface area contributed by atoms with Crippen molar-refractivity contribution in [2.24, 2.45) is 0 Å². The molecule has 8 aromatic rings. The Bertz CT molecular complexity index is 4080. The van der Waals surface area contributed by atoms with Gasteiger partial charge in [-0.05, 0) is 103 Å². The Morgan fingerprint density at radius 1 is 0.479 bits per heavy atom. The lowest BCUT2D eigenvalue weighted by molar-refractivity contribution is -0.138. The number of pyridine rings is 2. The lowest BCUT2D eigenvalue weighted by atomic mass is 10.0. The van der Waals surface area contributed by atoms with Gasteiger partial charge in [0.2, 0.25) is 17.4 Å². The minimum absolute atomic E-state index is 0.0421. The van der Waals surface area contributed by atoms with Crippen LogP contribution in [0.3, 0.4) is 0 Å². The molecule has 12 rings (SSSR count). The van der Waals surface area contributed by atoms with Crippen LogP contribution in [0, 0.1) is 0 Å². The molecule has 506 valence electrons. The molecular weight excluding hydrogens is 1300 g/mol. The summed E-state index contributed by atoms with van der Waals surface area (Å²) in [6, 6.07) is 28.1. The number of alkyl halides is 6. The predicted octanol–water partition coefficient (Wildman–Crippen LogP) is 13.6. The number of halogens is 8. The van der Waals surface area contributed by atoms with Crippen molar-refractivity contribution in [3.05, 3.63) is 165 Å². The number of carbonyl (C=O) groups is 3. The summed E-state index contributed by atoms with van der Waals surface area (Å²) in [5.41, 5.74) is 1.23. The smallest absolute Gasteiger partial charge is 0.417 e. The molecule has 25 heteroatoms. The number of hydrogen-bond acceptors (Lipinski definition) is 16. The first-order valence-electron chi connectivity index (χ1n) is 31.5. The van der Waals surface area contributed by atoms with Crippen LogP contribution in [-0.4, -0.2) is 159 Å². The second-order valence-electron chi connectivity index (χ2n) is 23.7. The van der Waals surface area contributed by atoms with E-state index >= 15 is 0 Å². The summed E-state index contributed by atoms with van der Waals surface area (Å²) >= 11 is 11.4. The van der Waals surface area contributed by atoms with Gasteiger partial charge in [0.15, 0.2) is 23.0 Å². The fourth-order valence-electron chi connectivity index (χ4n) is 11.7. The molecule has 2 saturated heterocycles. The van der Waals surface area contributed by atoms with Crippen LogP contribution in [-0.2, 0) is 52.4 Å². The third-order valence-electron chi connectivity index (χ3n) is 16.6. The Hall–Kier alpha value is -8.61. The molecule has 0 N–H and O–H groups in total. The molecule has 0 bridgehead atoms. The van der Waals surface area contributed by atoms with Crippen molar-refractivity contribution in [3.8, 4) is 57.5 Å². The monoisotopic (exact) mass is 1370 g/mol. The normalized spacial score (nSPS) is 15.2. The van der Waals surface area contributed by atoms with Gasteiger partial charge in [0.05, 0.1) is 56.2 Å². The highest BCUT2D eigenvalue weighted by Gasteiger charge is 2.35. The van der Waals surface area contributed by atoms with Gasteiger partial charge in [-0.3, -0.25) is 29.3 Å². The van der Waals surface area contributed by atoms with Crippen molar-refractivity contribution < 1.29 is 78.6 Å². The first-order chi connectivity index (χ1) is 46.2. The van der Waals surface area contributed by atoms with E-state index in [2.05, 4.69) is 31.7 Å². The van der Waals surface area contributed by atoms with Crippen molar-refractivity contribution in [2.45, 2.75) is 57.8 Å². The molecule has 96 heavy (non-hydrogen) atoms. The minimum Gasteiger partial charge on any atom is -0.489 e. The molecule has 0 saturated carbocycles. The lowest BCUT2D eigenvalue weighted by Crippen LogP contribution is -2.48. The summed E-state index contributed by atoms with van der Waals surface area (Å²) in [6.45, 7) is 13.3. The molecule has 17 nitrogen and oxygen atoms in total. The van der Waals surface area contributed by atoms with Crippen molar-refractivity contribution in [2.75, 3.05) is 112 Å². The van der Waals surface area contributed by atoms with Gasteiger partial charge in [-0.15, -0.1) is 0 Å². The van der Waals surface area contributed by atoms with Gasteiger partial charge in [0, 0.05) is 123 Å². The molecule has 2 fully saturated rings. The summed E-state index contributed by atoms with van der Waals surface area (Å²) in [7, 11) is 2.15. The summed E-state index contributed by atoms with van der Waals surface area (Å²) in [4.78, 5) is 55.0. The van der Waals surface area contributed by atoms with E-state index in [1.807, 2.05) is 17.0 Å². The number of aromatic nitrogens is 2. The number of likely N-dealkylation sites (N-methyl/N-ethyl adjacent to an activating group) is 1. The number of Topliss-reactive ketones (excluding diaryl/α,β-unsaturated/α-hetero) is 2. The zero-order valence-electron chi connectivity index (χ0n) is 52.8. The zero-order chi connectivity index (χ0) is 67.5. The third kappa shape index (κ3) is 17.7. The molecular formula is C71H70Cl2F6N6O11. The number of fused-ring (bicyclic) bond motifs is 6. The first kappa shape index (κ1) is 68.8. The highest BCUT2D eigenvalue weighted by molar-refractivity contribution is 6.31. The van der Waals surface area contributed by atoms with Gasteiger partial charge in [-0.1, -0.05) is 59.6 Å². The average Bonchev–Trinajstić information content (AvgIpc) is 0.775. The van der Waals surface area contributed by atoms with E-state index in [4.69, 9.17) is 61.1 Å². The summed E-state index contributed by atoms with van der Waals surface area (Å²) < 4.78 is 128. The SMILES string of the molecule is CC(=O)N1CCN(CCCOc2cc3nccc(Oc4ccc(CC(=O)Cc5ccc(Cl)c(C(F)(F)F)c5)cc4)c3c3c2OCCO3)CC1.CN1CCN(CCCOc2cc3nccc(Oc4ccc(CC(=O)Cc5ccc(Cl)c(C(F)(F)F)c5)cc4)c3c3c2OCCO3)CC1. The van der Waals surface area contributed by atoms with Crippen LogP contribution < -0.4 is 37.9 Å². The maximum absolute atomic E-state index is 13.2. The number of amides is 1. The number of carbonyl (C=O) groups excluding carboxylic acids is 3. The van der Waals surface area contributed by atoms with Crippen LogP contribution in [0.1, 0.15) is 53.1 Å². The van der Waals surface area contributed by atoms with E-state index in [1.165, 1.54) is 18.2 Å². The largest absolute Gasteiger partial charge is 0.489 e. The fraction of sp³-hybridized carbons (Fsp3) is 0.366. The lowest BCUT2D eigenvalue weighted by Gasteiger charge is -2.34. The quantitative estimate of drug-likeness (QED) is 0.0464. The number of nitrogens with zero attached hydrogens (tertiary/aromatic N) is 6. The van der Waals surface area contributed by atoms with Crippen LogP contribution in [0.5, 0.6) is 57.5 Å². The number of rotatable bonds is 22. The first-order valence-corrected chi connectivity index (χ1v) is 32.3. The summed E-state index contributed by atoms with van der Waals surface area (Å²) in [5, 5.41) is 0.492. The topological polar surface area (TPSA) is 164 Å². The van der Waals surface area contributed by atoms with E-state index in [0.29, 0.717) is 130 Å². The Kier molecular flexibility index (Phi) is 22.3. The van der Waals surface area contributed by atoms with Crippen LogP contribution in [0.15, 0.2) is 122 Å². The van der Waals surface area contributed by atoms with Gasteiger partial charge in [-0.25, -0.2) is 0 Å². The Morgan fingerprint density at radius 3 is 1.25 bits per heavy atom. The van der Waals surface area contributed by atoms with E-state index < -0.39 is 33.5 Å². The number of benzene rings is 6. The van der Waals surface area contributed by atoms with E-state index in [9.17, 15) is 40.7 Å². The molecule has 2 aromatic heterocycles. The molecule has 0 unspecified atom stereocenters. The molecule has 6 aromatic carbocycles. The van der Waals surface area contributed by atoms with E-state index in [0.717, 1.165) is 96.5 Å². The molecule has 0 spiro atoms. The molecule has 0 atom stereocenters.